The lowest BCUT2D eigenvalue weighted by Crippen LogP contribution is -2.51. The van der Waals surface area contributed by atoms with Crippen LogP contribution in [0.25, 0.3) is 17.0 Å². The van der Waals surface area contributed by atoms with Crippen molar-refractivity contribution < 1.29 is 24.3 Å². The number of aromatic nitrogens is 1. The fourth-order valence-electron chi connectivity index (χ4n) is 5.47. The first-order chi connectivity index (χ1) is 21.4. The molecule has 0 aliphatic rings. The molecule has 9 heteroatoms. The van der Waals surface area contributed by atoms with Crippen LogP contribution < -0.4 is 20.9 Å². The number of fused-ring (bicyclic) bond motifs is 1. The Labute approximate surface area is 257 Å². The number of H-pyrrole nitrogens is 1. The molecule has 4 rings (SSSR count). The van der Waals surface area contributed by atoms with Crippen LogP contribution in [0.5, 0.6) is 5.75 Å². The van der Waals surface area contributed by atoms with Crippen molar-refractivity contribution in [3.05, 3.63) is 108 Å². The second-order valence-electron chi connectivity index (χ2n) is 10.7. The van der Waals surface area contributed by atoms with Crippen LogP contribution in [0.3, 0.4) is 0 Å². The quantitative estimate of drug-likeness (QED) is 0.0992. The normalized spacial score (nSPS) is 13.2. The number of nitrogens with one attached hydrogen (secondary N) is 4. The van der Waals surface area contributed by atoms with Crippen LogP contribution in [0.15, 0.2) is 91.1 Å². The number of hydrogen-bond donors (Lipinski definition) is 5. The van der Waals surface area contributed by atoms with Gasteiger partial charge >= 0.3 is 0 Å². The van der Waals surface area contributed by atoms with Crippen molar-refractivity contribution in [2.75, 3.05) is 14.2 Å². The van der Waals surface area contributed by atoms with Gasteiger partial charge in [-0.1, -0.05) is 72.8 Å². The van der Waals surface area contributed by atoms with E-state index >= 15 is 0 Å². The standard InChI is InChI=1S/C35H40N4O5/c1-36-35(42)32(22-26-23-37-31-17-7-6-14-28(26)31)38-33(40)29(15-9-13-25-18-20-27(44-2)21-19-25)30(34(41)39-43)16-8-12-24-10-4-3-5-11-24/h3-8,10-12,14,17-21,23,29-30,32,37,43H,9,13,15-16,22H2,1-2H3,(H,36,42)(H,38,40)(H,39,41)/b12-8+/t29-,30+,32+/m0/s1. The maximum absolute atomic E-state index is 14.0. The van der Waals surface area contributed by atoms with Gasteiger partial charge in [-0.05, 0) is 60.6 Å². The third-order valence-corrected chi connectivity index (χ3v) is 7.89. The number of amides is 3. The van der Waals surface area contributed by atoms with Gasteiger partial charge in [-0.25, -0.2) is 5.48 Å². The van der Waals surface area contributed by atoms with E-state index in [0.29, 0.717) is 19.3 Å². The minimum atomic E-state index is -0.867. The minimum absolute atomic E-state index is 0.217. The Morgan fingerprint density at radius 3 is 2.34 bits per heavy atom. The molecule has 230 valence electrons. The van der Waals surface area contributed by atoms with Crippen molar-refractivity contribution in [2.45, 2.75) is 38.1 Å². The maximum Gasteiger partial charge on any atom is 0.247 e. The van der Waals surface area contributed by atoms with Crippen LogP contribution in [-0.4, -0.2) is 48.1 Å². The molecule has 3 atom stereocenters. The van der Waals surface area contributed by atoms with E-state index in [1.807, 2.05) is 97.2 Å². The number of benzene rings is 3. The van der Waals surface area contributed by atoms with Gasteiger partial charge in [-0.2, -0.15) is 0 Å². The Morgan fingerprint density at radius 2 is 1.64 bits per heavy atom. The second-order valence-corrected chi connectivity index (χ2v) is 10.7. The van der Waals surface area contributed by atoms with Crippen molar-refractivity contribution in [3.63, 3.8) is 0 Å². The number of methoxy groups -OCH3 is 1. The van der Waals surface area contributed by atoms with Gasteiger partial charge in [0.1, 0.15) is 11.8 Å². The minimum Gasteiger partial charge on any atom is -0.497 e. The highest BCUT2D eigenvalue weighted by Crippen LogP contribution is 2.26. The number of hydroxylamine groups is 1. The Kier molecular flexibility index (Phi) is 11.7. The molecular weight excluding hydrogens is 556 g/mol. The zero-order valence-corrected chi connectivity index (χ0v) is 25.1. The molecule has 0 bridgehead atoms. The SMILES string of the molecule is CNC(=O)[C@@H](Cc1c[nH]c2ccccc12)NC(=O)[C@@H](CCCc1ccc(OC)cc1)[C@@H](C/C=C/c1ccccc1)C(=O)NO. The van der Waals surface area contributed by atoms with Crippen LogP contribution >= 0.6 is 0 Å². The smallest absolute Gasteiger partial charge is 0.247 e. The van der Waals surface area contributed by atoms with E-state index in [1.54, 1.807) is 12.6 Å². The number of allylic oxidation sites excluding steroid dienone is 1. The van der Waals surface area contributed by atoms with E-state index in [9.17, 15) is 19.6 Å². The number of carbonyl (C=O) groups is 3. The first kappa shape index (κ1) is 32.0. The third-order valence-electron chi connectivity index (χ3n) is 7.89. The molecular formula is C35H40N4O5. The summed E-state index contributed by atoms with van der Waals surface area (Å²) < 4.78 is 5.25. The van der Waals surface area contributed by atoms with Crippen molar-refractivity contribution >= 4 is 34.7 Å². The molecule has 0 saturated heterocycles. The molecule has 0 spiro atoms. The average Bonchev–Trinajstić information content (AvgIpc) is 3.47. The molecule has 1 heterocycles. The van der Waals surface area contributed by atoms with Crippen LogP contribution in [0.2, 0.25) is 0 Å². The Morgan fingerprint density at radius 1 is 0.909 bits per heavy atom. The molecule has 3 aromatic carbocycles. The molecule has 0 aliphatic carbocycles. The zero-order chi connectivity index (χ0) is 31.3. The highest BCUT2D eigenvalue weighted by atomic mass is 16.5. The lowest BCUT2D eigenvalue weighted by molar-refractivity contribution is -0.141. The van der Waals surface area contributed by atoms with E-state index in [4.69, 9.17) is 4.74 Å². The highest BCUT2D eigenvalue weighted by molar-refractivity contribution is 5.92. The topological polar surface area (TPSA) is 133 Å². The van der Waals surface area contributed by atoms with Gasteiger partial charge in [0, 0.05) is 36.5 Å². The number of rotatable bonds is 15. The van der Waals surface area contributed by atoms with E-state index < -0.39 is 29.7 Å². The first-order valence-corrected chi connectivity index (χ1v) is 14.8. The summed E-state index contributed by atoms with van der Waals surface area (Å²) in [5.41, 5.74) is 5.61. The molecule has 44 heavy (non-hydrogen) atoms. The van der Waals surface area contributed by atoms with Gasteiger partial charge in [0.05, 0.1) is 13.0 Å². The number of aryl methyl sites for hydroxylation is 1. The molecule has 3 amide bonds. The average molecular weight is 597 g/mol. The van der Waals surface area contributed by atoms with E-state index in [1.165, 1.54) is 7.05 Å². The summed E-state index contributed by atoms with van der Waals surface area (Å²) in [6.07, 6.45) is 7.69. The fourth-order valence-corrected chi connectivity index (χ4v) is 5.47. The summed E-state index contributed by atoms with van der Waals surface area (Å²) in [4.78, 5) is 43.2. The first-order valence-electron chi connectivity index (χ1n) is 14.8. The van der Waals surface area contributed by atoms with Gasteiger partial charge in [0.15, 0.2) is 0 Å². The number of aromatic amines is 1. The van der Waals surface area contributed by atoms with Crippen LogP contribution in [0.4, 0.5) is 0 Å². The van der Waals surface area contributed by atoms with Gasteiger partial charge in [-0.15, -0.1) is 0 Å². The van der Waals surface area contributed by atoms with E-state index in [2.05, 4.69) is 15.6 Å². The van der Waals surface area contributed by atoms with Crippen molar-refractivity contribution in [1.82, 2.24) is 21.1 Å². The molecule has 5 N–H and O–H groups in total. The Bertz CT molecular complexity index is 1550. The van der Waals surface area contributed by atoms with Crippen molar-refractivity contribution in [3.8, 4) is 5.75 Å². The molecule has 0 radical (unpaired) electrons. The summed E-state index contributed by atoms with van der Waals surface area (Å²) in [6.45, 7) is 0. The lowest BCUT2D eigenvalue weighted by Gasteiger charge is -2.26. The van der Waals surface area contributed by atoms with Crippen molar-refractivity contribution in [2.24, 2.45) is 11.8 Å². The van der Waals surface area contributed by atoms with Gasteiger partial charge in [0.25, 0.3) is 0 Å². The molecule has 9 nitrogen and oxygen atoms in total. The summed E-state index contributed by atoms with van der Waals surface area (Å²) in [7, 11) is 3.14. The molecule has 1 aromatic heterocycles. The van der Waals surface area contributed by atoms with Crippen molar-refractivity contribution in [1.29, 1.82) is 0 Å². The summed E-state index contributed by atoms with van der Waals surface area (Å²) in [5, 5.41) is 16.2. The number of likely N-dealkylation sites (N-methyl/N-ethyl adjacent to an activating group) is 1. The number of ether oxygens (including phenoxy) is 1. The number of para-hydroxylation sites is 1. The van der Waals surface area contributed by atoms with E-state index in [0.717, 1.165) is 33.3 Å². The Hall–Kier alpha value is -4.89. The molecule has 0 aliphatic heterocycles. The van der Waals surface area contributed by atoms with Gasteiger partial charge < -0.3 is 20.4 Å². The Balaban J connectivity index is 1.56. The van der Waals surface area contributed by atoms with Crippen LogP contribution in [0, 0.1) is 11.8 Å². The summed E-state index contributed by atoms with van der Waals surface area (Å²) in [6, 6.07) is 24.2. The van der Waals surface area contributed by atoms with Gasteiger partial charge in [-0.3, -0.25) is 19.6 Å². The maximum atomic E-state index is 14.0. The number of carbonyl (C=O) groups excluding carboxylic acids is 3. The third kappa shape index (κ3) is 8.58. The monoisotopic (exact) mass is 596 g/mol. The highest BCUT2D eigenvalue weighted by Gasteiger charge is 2.34. The van der Waals surface area contributed by atoms with Gasteiger partial charge in [0.2, 0.25) is 17.7 Å². The predicted molar refractivity (Wildman–Crippen MR) is 171 cm³/mol. The van der Waals surface area contributed by atoms with Crippen LogP contribution in [0.1, 0.15) is 36.0 Å². The molecule has 0 fully saturated rings. The molecule has 0 saturated carbocycles. The molecule has 4 aromatic rings. The largest absolute Gasteiger partial charge is 0.497 e. The molecule has 0 unspecified atom stereocenters. The summed E-state index contributed by atoms with van der Waals surface area (Å²) in [5.74, 6) is -2.33. The lowest BCUT2D eigenvalue weighted by atomic mass is 9.83. The van der Waals surface area contributed by atoms with Crippen LogP contribution in [-0.2, 0) is 27.2 Å². The van der Waals surface area contributed by atoms with E-state index in [-0.39, 0.29) is 18.7 Å². The fraction of sp³-hybridized carbons (Fsp3) is 0.286. The second kappa shape index (κ2) is 16.1. The predicted octanol–water partition coefficient (Wildman–Crippen LogP) is 4.81. The zero-order valence-electron chi connectivity index (χ0n) is 25.1. The number of hydrogen-bond acceptors (Lipinski definition) is 5. The summed E-state index contributed by atoms with van der Waals surface area (Å²) >= 11 is 0.